The van der Waals surface area contributed by atoms with Crippen LogP contribution in [0.3, 0.4) is 0 Å². The number of hydrogen-bond donors (Lipinski definition) is 1. The molecule has 0 aliphatic carbocycles. The van der Waals surface area contributed by atoms with Crippen molar-refractivity contribution in [2.75, 3.05) is 37.9 Å². The smallest absolute Gasteiger partial charge is 0.251 e. The molecule has 0 unspecified atom stereocenters. The third kappa shape index (κ3) is 6.91. The van der Waals surface area contributed by atoms with E-state index in [2.05, 4.69) is 5.32 Å². The van der Waals surface area contributed by atoms with E-state index in [1.165, 1.54) is 24.1 Å². The van der Waals surface area contributed by atoms with Gasteiger partial charge in [0, 0.05) is 11.6 Å². The molecule has 8 nitrogen and oxygen atoms in total. The highest BCUT2D eigenvalue weighted by Gasteiger charge is 2.20. The molecule has 0 aromatic heterocycles. The van der Waals surface area contributed by atoms with Crippen LogP contribution in [-0.2, 0) is 16.6 Å². The number of ether oxygens (including phenoxy) is 3. The lowest BCUT2D eigenvalue weighted by atomic mass is 10.1. The van der Waals surface area contributed by atoms with Gasteiger partial charge in [-0.05, 0) is 66.9 Å². The topological polar surface area (TPSA) is 94.2 Å². The maximum atomic E-state index is 12.5. The molecule has 0 atom stereocenters. The average Bonchev–Trinajstić information content (AvgIpc) is 2.86. The third-order valence-electron chi connectivity index (χ3n) is 5.73. The SMILES string of the molecule is COc1ccc(N(Cc2ccc(C(=O)NCCOc3ccc(C)c(C)c3)cc2)S(C)(=O)=O)cc1OC. The summed E-state index contributed by atoms with van der Waals surface area (Å²) in [5, 5.41) is 2.83. The Hall–Kier alpha value is -3.72. The largest absolute Gasteiger partial charge is 0.493 e. The van der Waals surface area contributed by atoms with Gasteiger partial charge in [0.2, 0.25) is 10.0 Å². The summed E-state index contributed by atoms with van der Waals surface area (Å²) < 4.78 is 42.6. The highest BCUT2D eigenvalue weighted by Crippen LogP contribution is 2.33. The Labute approximate surface area is 212 Å². The molecular formula is C27H32N2O6S. The number of sulfonamides is 1. The van der Waals surface area contributed by atoms with Gasteiger partial charge in [-0.25, -0.2) is 8.42 Å². The van der Waals surface area contributed by atoms with Crippen LogP contribution in [0.1, 0.15) is 27.0 Å². The number of benzene rings is 3. The Balaban J connectivity index is 1.61. The van der Waals surface area contributed by atoms with Crippen LogP contribution in [-0.4, -0.2) is 48.0 Å². The molecule has 3 aromatic carbocycles. The fraction of sp³-hybridized carbons (Fsp3) is 0.296. The van der Waals surface area contributed by atoms with Crippen molar-refractivity contribution in [2.24, 2.45) is 0 Å². The number of anilines is 1. The second-order valence-electron chi connectivity index (χ2n) is 8.36. The summed E-state index contributed by atoms with van der Waals surface area (Å²) >= 11 is 0. The van der Waals surface area contributed by atoms with Gasteiger partial charge in [-0.2, -0.15) is 0 Å². The van der Waals surface area contributed by atoms with Crippen molar-refractivity contribution in [2.45, 2.75) is 20.4 Å². The van der Waals surface area contributed by atoms with Gasteiger partial charge in [0.05, 0.1) is 39.3 Å². The zero-order chi connectivity index (χ0) is 26.3. The fourth-order valence-corrected chi connectivity index (χ4v) is 4.43. The maximum absolute atomic E-state index is 12.5. The summed E-state index contributed by atoms with van der Waals surface area (Å²) in [6.45, 7) is 4.87. The molecule has 0 aliphatic heterocycles. The van der Waals surface area contributed by atoms with Gasteiger partial charge in [-0.3, -0.25) is 9.10 Å². The summed E-state index contributed by atoms with van der Waals surface area (Å²) in [6.07, 6.45) is 1.14. The van der Waals surface area contributed by atoms with Crippen molar-refractivity contribution in [3.8, 4) is 17.2 Å². The number of carbonyl (C=O) groups excluding carboxylic acids is 1. The third-order valence-corrected chi connectivity index (χ3v) is 6.87. The second-order valence-corrected chi connectivity index (χ2v) is 10.3. The lowest BCUT2D eigenvalue weighted by Gasteiger charge is -2.23. The van der Waals surface area contributed by atoms with Crippen LogP contribution in [0.15, 0.2) is 60.7 Å². The first-order valence-electron chi connectivity index (χ1n) is 11.4. The van der Waals surface area contributed by atoms with Crippen LogP contribution in [0.25, 0.3) is 0 Å². The van der Waals surface area contributed by atoms with Gasteiger partial charge in [-0.15, -0.1) is 0 Å². The number of hydrogen-bond acceptors (Lipinski definition) is 6. The quantitative estimate of drug-likeness (QED) is 0.389. The van der Waals surface area contributed by atoms with Crippen LogP contribution in [0.4, 0.5) is 5.69 Å². The number of methoxy groups -OCH3 is 2. The molecule has 0 bridgehead atoms. The molecule has 3 rings (SSSR count). The zero-order valence-electron chi connectivity index (χ0n) is 21.2. The summed E-state index contributed by atoms with van der Waals surface area (Å²) in [5.74, 6) is 1.47. The van der Waals surface area contributed by atoms with Gasteiger partial charge in [0.1, 0.15) is 12.4 Å². The Morgan fingerprint density at radius 1 is 0.889 bits per heavy atom. The number of amides is 1. The van der Waals surface area contributed by atoms with Crippen molar-refractivity contribution >= 4 is 21.6 Å². The van der Waals surface area contributed by atoms with Gasteiger partial charge in [0.25, 0.3) is 5.91 Å². The lowest BCUT2D eigenvalue weighted by Crippen LogP contribution is -2.29. The van der Waals surface area contributed by atoms with Crippen molar-refractivity contribution < 1.29 is 27.4 Å². The van der Waals surface area contributed by atoms with E-state index >= 15 is 0 Å². The minimum absolute atomic E-state index is 0.0972. The van der Waals surface area contributed by atoms with E-state index in [1.807, 2.05) is 32.0 Å². The molecule has 1 N–H and O–H groups in total. The average molecular weight is 513 g/mol. The molecule has 9 heteroatoms. The minimum Gasteiger partial charge on any atom is -0.493 e. The normalized spacial score (nSPS) is 11.0. The molecule has 192 valence electrons. The molecule has 0 heterocycles. The second kappa shape index (κ2) is 11.8. The van der Waals surface area contributed by atoms with Crippen LogP contribution in [0, 0.1) is 13.8 Å². The number of nitrogens with one attached hydrogen (secondary N) is 1. The van der Waals surface area contributed by atoms with Crippen molar-refractivity contribution in [1.29, 1.82) is 0 Å². The van der Waals surface area contributed by atoms with E-state index in [0.717, 1.165) is 23.1 Å². The predicted octanol–water partition coefficient (Wildman–Crippen LogP) is 4.10. The molecule has 36 heavy (non-hydrogen) atoms. The number of nitrogens with zero attached hydrogens (tertiary/aromatic N) is 1. The number of rotatable bonds is 11. The van der Waals surface area contributed by atoms with E-state index in [9.17, 15) is 13.2 Å². The van der Waals surface area contributed by atoms with E-state index in [4.69, 9.17) is 14.2 Å². The summed E-state index contributed by atoms with van der Waals surface area (Å²) in [4.78, 5) is 12.5. The van der Waals surface area contributed by atoms with Gasteiger partial charge in [-0.1, -0.05) is 18.2 Å². The van der Waals surface area contributed by atoms with Crippen LogP contribution < -0.4 is 23.8 Å². The first-order chi connectivity index (χ1) is 17.1. The lowest BCUT2D eigenvalue weighted by molar-refractivity contribution is 0.0947. The van der Waals surface area contributed by atoms with Gasteiger partial charge >= 0.3 is 0 Å². The highest BCUT2D eigenvalue weighted by atomic mass is 32.2. The minimum atomic E-state index is -3.59. The summed E-state index contributed by atoms with van der Waals surface area (Å²) in [6, 6.07) is 17.6. The van der Waals surface area contributed by atoms with Crippen molar-refractivity contribution in [3.63, 3.8) is 0 Å². The first kappa shape index (κ1) is 26.9. The maximum Gasteiger partial charge on any atom is 0.251 e. The van der Waals surface area contributed by atoms with E-state index < -0.39 is 10.0 Å². The molecule has 3 aromatic rings. The van der Waals surface area contributed by atoms with Crippen LogP contribution >= 0.6 is 0 Å². The highest BCUT2D eigenvalue weighted by molar-refractivity contribution is 7.92. The predicted molar refractivity (Wildman–Crippen MR) is 141 cm³/mol. The van der Waals surface area contributed by atoms with Crippen LogP contribution in [0.5, 0.6) is 17.2 Å². The standard InChI is InChI=1S/C27H32N2O6S/c1-19-6-12-24(16-20(19)2)35-15-14-28-27(30)22-9-7-21(8-10-22)18-29(36(5,31)32)23-11-13-25(33-3)26(17-23)34-4/h6-13,16-17H,14-15,18H2,1-5H3,(H,28,30). The molecule has 0 saturated heterocycles. The van der Waals surface area contributed by atoms with Crippen LogP contribution in [0.2, 0.25) is 0 Å². The number of aryl methyl sites for hydroxylation is 2. The van der Waals surface area contributed by atoms with Gasteiger partial charge in [0.15, 0.2) is 11.5 Å². The number of carbonyl (C=O) groups is 1. The monoisotopic (exact) mass is 512 g/mol. The van der Waals surface area contributed by atoms with Crippen molar-refractivity contribution in [1.82, 2.24) is 5.32 Å². The van der Waals surface area contributed by atoms with E-state index in [0.29, 0.717) is 35.9 Å². The molecule has 0 saturated carbocycles. The molecular weight excluding hydrogens is 480 g/mol. The Bertz CT molecular complexity index is 1310. The fourth-order valence-electron chi connectivity index (χ4n) is 3.55. The first-order valence-corrected chi connectivity index (χ1v) is 13.2. The summed E-state index contributed by atoms with van der Waals surface area (Å²) in [5.41, 5.74) is 3.99. The Morgan fingerprint density at radius 2 is 1.58 bits per heavy atom. The summed E-state index contributed by atoms with van der Waals surface area (Å²) in [7, 11) is -0.579. The Morgan fingerprint density at radius 3 is 2.19 bits per heavy atom. The zero-order valence-corrected chi connectivity index (χ0v) is 22.0. The molecule has 0 fully saturated rings. The molecule has 0 spiro atoms. The van der Waals surface area contributed by atoms with E-state index in [1.54, 1.807) is 42.5 Å². The van der Waals surface area contributed by atoms with Crippen molar-refractivity contribution in [3.05, 3.63) is 82.9 Å². The molecule has 0 radical (unpaired) electrons. The van der Waals surface area contributed by atoms with Gasteiger partial charge < -0.3 is 19.5 Å². The van der Waals surface area contributed by atoms with E-state index in [-0.39, 0.29) is 12.5 Å². The Kier molecular flexibility index (Phi) is 8.82. The molecule has 0 aliphatic rings. The molecule has 1 amide bonds.